The van der Waals surface area contributed by atoms with Gasteiger partial charge in [0.05, 0.1) is 36.6 Å². The number of aliphatic hydroxyl groups is 6. The van der Waals surface area contributed by atoms with E-state index in [1.807, 2.05) is 0 Å². The Morgan fingerprint density at radius 1 is 0.558 bits per heavy atom. The van der Waals surface area contributed by atoms with Crippen LogP contribution in [0.15, 0.2) is 11.6 Å². The Kier molecular flexibility index (Phi) is 23.4. The van der Waals surface area contributed by atoms with Crippen LogP contribution in [0, 0.1) is 0 Å². The molecule has 8 nitrogen and oxygen atoms in total. The second-order valence-corrected chi connectivity index (χ2v) is 13.1. The van der Waals surface area contributed by atoms with Gasteiger partial charge in [-0.3, -0.25) is 0 Å². The van der Waals surface area contributed by atoms with Crippen LogP contribution in [0.3, 0.4) is 0 Å². The number of aliphatic hydroxyl groups excluding tert-OH is 6. The van der Waals surface area contributed by atoms with Gasteiger partial charge in [-0.15, -0.1) is 0 Å². The van der Waals surface area contributed by atoms with Crippen LogP contribution < -0.4 is 0 Å². The number of carbonyl (C=O) groups excluding carboxylic acids is 1. The first-order chi connectivity index (χ1) is 20.6. The zero-order valence-electron chi connectivity index (χ0n) is 27.4. The van der Waals surface area contributed by atoms with Crippen molar-refractivity contribution in [2.24, 2.45) is 0 Å². The molecule has 0 aromatic rings. The van der Waals surface area contributed by atoms with Crippen molar-refractivity contribution in [3.63, 3.8) is 0 Å². The Balaban J connectivity index is 1.98. The number of hydrogen-bond donors (Lipinski definition) is 6. The van der Waals surface area contributed by atoms with E-state index in [9.17, 15) is 35.4 Å². The van der Waals surface area contributed by atoms with Crippen molar-refractivity contribution in [2.75, 3.05) is 0 Å². The summed E-state index contributed by atoms with van der Waals surface area (Å²) < 4.78 is 5.04. The summed E-state index contributed by atoms with van der Waals surface area (Å²) in [4.78, 5) is 11.6. The number of rotatable bonds is 29. The maximum Gasteiger partial charge on any atom is 0.334 e. The third-order valence-corrected chi connectivity index (χ3v) is 8.81. The lowest BCUT2D eigenvalue weighted by Gasteiger charge is -2.22. The average molecular weight is 615 g/mol. The third kappa shape index (κ3) is 20.6. The van der Waals surface area contributed by atoms with E-state index in [2.05, 4.69) is 6.92 Å². The van der Waals surface area contributed by atoms with Crippen molar-refractivity contribution in [1.29, 1.82) is 0 Å². The Labute approximate surface area is 261 Å². The third-order valence-electron chi connectivity index (χ3n) is 8.81. The molecule has 0 aromatic heterocycles. The Hall–Kier alpha value is -1.03. The van der Waals surface area contributed by atoms with Crippen molar-refractivity contribution in [3.8, 4) is 0 Å². The van der Waals surface area contributed by atoms with Crippen LogP contribution in [0.5, 0.6) is 0 Å². The first-order valence-electron chi connectivity index (χ1n) is 17.6. The summed E-state index contributed by atoms with van der Waals surface area (Å²) in [6, 6.07) is 0. The number of cyclic esters (lactones) is 1. The zero-order valence-corrected chi connectivity index (χ0v) is 27.4. The quantitative estimate of drug-likeness (QED) is 0.0443. The fourth-order valence-corrected chi connectivity index (χ4v) is 5.91. The molecule has 7 atom stereocenters. The maximum atomic E-state index is 11.6. The number of esters is 1. The molecule has 7 unspecified atom stereocenters. The molecular weight excluding hydrogens is 548 g/mol. The van der Waals surface area contributed by atoms with Crippen molar-refractivity contribution in [1.82, 2.24) is 0 Å². The molecule has 1 rings (SSSR count). The van der Waals surface area contributed by atoms with Gasteiger partial charge in [-0.1, -0.05) is 96.8 Å². The van der Waals surface area contributed by atoms with Crippen LogP contribution in [0.1, 0.15) is 162 Å². The van der Waals surface area contributed by atoms with Crippen LogP contribution >= 0.6 is 0 Å². The van der Waals surface area contributed by atoms with Gasteiger partial charge in [-0.05, 0) is 64.4 Å². The molecule has 43 heavy (non-hydrogen) atoms. The Morgan fingerprint density at radius 2 is 0.953 bits per heavy atom. The molecule has 0 saturated heterocycles. The van der Waals surface area contributed by atoms with Crippen molar-refractivity contribution in [2.45, 2.75) is 204 Å². The molecule has 0 saturated carbocycles. The first kappa shape index (κ1) is 40.0. The van der Waals surface area contributed by atoms with Crippen molar-refractivity contribution in [3.05, 3.63) is 11.6 Å². The minimum absolute atomic E-state index is 0.229. The molecule has 1 aliphatic rings. The van der Waals surface area contributed by atoms with Gasteiger partial charge >= 0.3 is 5.97 Å². The van der Waals surface area contributed by atoms with Crippen LogP contribution in [0.4, 0.5) is 0 Å². The lowest BCUT2D eigenvalue weighted by atomic mass is 9.96. The van der Waals surface area contributed by atoms with Crippen LogP contribution in [-0.2, 0) is 9.53 Å². The lowest BCUT2D eigenvalue weighted by Crippen LogP contribution is -2.31. The Bertz CT molecular complexity index is 714. The second kappa shape index (κ2) is 25.2. The van der Waals surface area contributed by atoms with Gasteiger partial charge < -0.3 is 35.4 Å². The molecule has 1 aliphatic heterocycles. The molecule has 0 aliphatic carbocycles. The van der Waals surface area contributed by atoms with E-state index in [4.69, 9.17) is 4.74 Å². The largest absolute Gasteiger partial charge is 0.455 e. The maximum absolute atomic E-state index is 11.6. The van der Waals surface area contributed by atoms with Gasteiger partial charge in [0.15, 0.2) is 0 Å². The fourth-order valence-electron chi connectivity index (χ4n) is 5.91. The lowest BCUT2D eigenvalue weighted by molar-refractivity contribution is -0.139. The SMILES string of the molecule is CCCCCCCCCCCCC(O)C(O)CCC(O)C(O)CCCCCCC(O)CCCC(O)CC1=CC(C)OC1=O. The van der Waals surface area contributed by atoms with E-state index < -0.39 is 36.6 Å². The van der Waals surface area contributed by atoms with Gasteiger partial charge in [-0.25, -0.2) is 4.79 Å². The van der Waals surface area contributed by atoms with Gasteiger partial charge in [0, 0.05) is 12.0 Å². The molecule has 8 heteroatoms. The number of carbonyl (C=O) groups is 1. The van der Waals surface area contributed by atoms with E-state index in [1.54, 1.807) is 13.0 Å². The normalized spacial score (nSPS) is 19.5. The van der Waals surface area contributed by atoms with E-state index in [0.717, 1.165) is 38.5 Å². The summed E-state index contributed by atoms with van der Waals surface area (Å²) in [6.07, 6.45) is 17.3. The second-order valence-electron chi connectivity index (χ2n) is 13.1. The number of hydrogen-bond acceptors (Lipinski definition) is 8. The summed E-state index contributed by atoms with van der Waals surface area (Å²) in [5.41, 5.74) is 0.532. The molecule has 6 N–H and O–H groups in total. The summed E-state index contributed by atoms with van der Waals surface area (Å²) in [5, 5.41) is 61.5. The molecular formula is C35H66O8. The number of unbranched alkanes of at least 4 members (excludes halogenated alkanes) is 12. The monoisotopic (exact) mass is 614 g/mol. The summed E-state index contributed by atoms with van der Waals surface area (Å²) in [7, 11) is 0. The van der Waals surface area contributed by atoms with Gasteiger partial charge in [0.25, 0.3) is 0 Å². The standard InChI is InChI=1S/C35H66O8/c1-3-4-5-6-7-8-9-10-11-15-21-31(38)33(40)23-24-34(41)32(39)22-16-13-12-14-18-29(36)19-17-20-30(37)26-28-25-27(2)43-35(28)42/h25,27,29-34,36-41H,3-24,26H2,1-2H3. The fraction of sp³-hybridized carbons (Fsp3) is 0.914. The first-order valence-corrected chi connectivity index (χ1v) is 17.6. The average Bonchev–Trinajstić information content (AvgIpc) is 3.29. The van der Waals surface area contributed by atoms with Crippen LogP contribution in [0.25, 0.3) is 0 Å². The minimum atomic E-state index is -0.907. The predicted molar refractivity (Wildman–Crippen MR) is 172 cm³/mol. The van der Waals surface area contributed by atoms with Crippen LogP contribution in [-0.4, -0.2) is 79.3 Å². The van der Waals surface area contributed by atoms with E-state index in [0.29, 0.717) is 50.5 Å². The van der Waals surface area contributed by atoms with Crippen molar-refractivity contribution >= 4 is 5.97 Å². The van der Waals surface area contributed by atoms with E-state index >= 15 is 0 Å². The molecule has 1 heterocycles. The highest BCUT2D eigenvalue weighted by atomic mass is 16.5. The van der Waals surface area contributed by atoms with Crippen LogP contribution in [0.2, 0.25) is 0 Å². The smallest absolute Gasteiger partial charge is 0.334 e. The molecule has 0 radical (unpaired) electrons. The summed E-state index contributed by atoms with van der Waals surface area (Å²) in [6.45, 7) is 4.02. The molecule has 0 spiro atoms. The zero-order chi connectivity index (χ0) is 31.9. The topological polar surface area (TPSA) is 148 Å². The number of ether oxygens (including phenoxy) is 1. The van der Waals surface area contributed by atoms with Crippen molar-refractivity contribution < 1.29 is 40.2 Å². The van der Waals surface area contributed by atoms with Gasteiger partial charge in [-0.2, -0.15) is 0 Å². The van der Waals surface area contributed by atoms with E-state index in [-0.39, 0.29) is 24.9 Å². The highest BCUT2D eigenvalue weighted by molar-refractivity contribution is 5.90. The molecule has 0 aromatic carbocycles. The molecule has 0 bridgehead atoms. The molecule has 0 fully saturated rings. The Morgan fingerprint density at radius 3 is 1.42 bits per heavy atom. The summed E-state index contributed by atoms with van der Waals surface area (Å²) >= 11 is 0. The molecule has 0 amide bonds. The van der Waals surface area contributed by atoms with E-state index in [1.165, 1.54) is 51.4 Å². The van der Waals surface area contributed by atoms with Gasteiger partial charge in [0.2, 0.25) is 0 Å². The van der Waals surface area contributed by atoms with Gasteiger partial charge in [0.1, 0.15) is 6.10 Å². The molecule has 254 valence electrons. The highest BCUT2D eigenvalue weighted by Crippen LogP contribution is 2.21. The minimum Gasteiger partial charge on any atom is -0.455 e. The predicted octanol–water partition coefficient (Wildman–Crippen LogP) is 6.02. The highest BCUT2D eigenvalue weighted by Gasteiger charge is 2.24. The summed E-state index contributed by atoms with van der Waals surface area (Å²) in [5.74, 6) is -0.350.